The van der Waals surface area contributed by atoms with Gasteiger partial charge in [-0.05, 0) is 55.0 Å². The van der Waals surface area contributed by atoms with Gasteiger partial charge < -0.3 is 19.3 Å². The van der Waals surface area contributed by atoms with Crippen LogP contribution >= 0.6 is 23.4 Å². The quantitative estimate of drug-likeness (QED) is 0.439. The highest BCUT2D eigenvalue weighted by Gasteiger charge is 2.33. The van der Waals surface area contributed by atoms with Crippen molar-refractivity contribution >= 4 is 52.1 Å². The molecular weight excluding hydrogens is 454 g/mol. The van der Waals surface area contributed by atoms with Crippen LogP contribution < -0.4 is 9.47 Å². The summed E-state index contributed by atoms with van der Waals surface area (Å²) in [6.45, 7) is 3.13. The largest absolute Gasteiger partial charge is 0.506 e. The van der Waals surface area contributed by atoms with Crippen LogP contribution in [0.15, 0.2) is 63.7 Å². The van der Waals surface area contributed by atoms with Crippen molar-refractivity contribution in [2.75, 3.05) is 13.7 Å². The molecular formula is C23H20ClNO6S. The summed E-state index contributed by atoms with van der Waals surface area (Å²) in [5, 5.41) is 11.6. The van der Waals surface area contributed by atoms with Crippen LogP contribution in [0.3, 0.4) is 0 Å². The summed E-state index contributed by atoms with van der Waals surface area (Å²) in [7, 11) is 1.46. The Kier molecular flexibility index (Phi) is 7.61. The lowest BCUT2D eigenvalue weighted by atomic mass is 10.1. The third-order valence-corrected chi connectivity index (χ3v) is 5.44. The maximum atomic E-state index is 12.5. The highest BCUT2D eigenvalue weighted by atomic mass is 35.5. The molecule has 0 bridgehead atoms. The second kappa shape index (κ2) is 10.4. The standard InChI is InChI=1S/C23H20ClNO6S/c1-4-30-23(28)20-21(27)19(32-22(20)25-16-8-6-15(24)7-9-16)12-14-5-10-17(31-13(2)26)18(11-14)29-3/h5-12,27H,4H2,1-3H3/b19-12+,25-22?. The van der Waals surface area contributed by atoms with E-state index in [0.29, 0.717) is 32.0 Å². The van der Waals surface area contributed by atoms with Crippen molar-refractivity contribution < 1.29 is 28.9 Å². The number of ether oxygens (including phenoxy) is 3. The van der Waals surface area contributed by atoms with Gasteiger partial charge in [0.15, 0.2) is 11.5 Å². The zero-order valence-electron chi connectivity index (χ0n) is 17.5. The van der Waals surface area contributed by atoms with Crippen LogP contribution in [0, 0.1) is 0 Å². The Bertz CT molecular complexity index is 1140. The highest BCUT2D eigenvalue weighted by Crippen LogP contribution is 2.41. The van der Waals surface area contributed by atoms with Crippen LogP contribution in [0.2, 0.25) is 5.02 Å². The van der Waals surface area contributed by atoms with E-state index in [-0.39, 0.29) is 23.7 Å². The van der Waals surface area contributed by atoms with Gasteiger partial charge in [0.05, 0.1) is 24.3 Å². The zero-order valence-corrected chi connectivity index (χ0v) is 19.1. The molecule has 0 radical (unpaired) electrons. The molecule has 1 aliphatic rings. The van der Waals surface area contributed by atoms with E-state index < -0.39 is 11.9 Å². The summed E-state index contributed by atoms with van der Waals surface area (Å²) >= 11 is 7.06. The average Bonchev–Trinajstić information content (AvgIpc) is 3.05. The molecule has 0 saturated carbocycles. The smallest absolute Gasteiger partial charge is 0.344 e. The molecule has 1 heterocycles. The molecule has 0 aliphatic carbocycles. The third kappa shape index (κ3) is 5.52. The lowest BCUT2D eigenvalue weighted by molar-refractivity contribution is -0.138. The van der Waals surface area contributed by atoms with Gasteiger partial charge in [0.2, 0.25) is 0 Å². The fraction of sp³-hybridized carbons (Fsp3) is 0.174. The Balaban J connectivity index is 2.01. The molecule has 166 valence electrons. The number of thioether (sulfide) groups is 1. The van der Waals surface area contributed by atoms with Gasteiger partial charge in [-0.1, -0.05) is 29.4 Å². The second-order valence-electron chi connectivity index (χ2n) is 6.45. The molecule has 0 amide bonds. The molecule has 2 aromatic rings. The van der Waals surface area contributed by atoms with Crippen LogP contribution in [0.5, 0.6) is 11.5 Å². The van der Waals surface area contributed by atoms with E-state index in [1.807, 2.05) is 0 Å². The molecule has 1 N–H and O–H groups in total. The summed E-state index contributed by atoms with van der Waals surface area (Å²) < 4.78 is 15.5. The van der Waals surface area contributed by atoms with Gasteiger partial charge in [-0.25, -0.2) is 9.79 Å². The molecule has 0 atom stereocenters. The number of carbonyl (C=O) groups is 2. The number of benzene rings is 2. The Morgan fingerprint density at radius 2 is 1.88 bits per heavy atom. The molecule has 2 aromatic carbocycles. The van der Waals surface area contributed by atoms with Crippen LogP contribution in [0.25, 0.3) is 6.08 Å². The first kappa shape index (κ1) is 23.4. The van der Waals surface area contributed by atoms with E-state index in [1.54, 1.807) is 55.5 Å². The predicted molar refractivity (Wildman–Crippen MR) is 125 cm³/mol. The fourth-order valence-corrected chi connectivity index (χ4v) is 3.95. The van der Waals surface area contributed by atoms with Gasteiger partial charge in [0, 0.05) is 11.9 Å². The summed E-state index contributed by atoms with van der Waals surface area (Å²) in [6, 6.07) is 11.7. The summed E-state index contributed by atoms with van der Waals surface area (Å²) in [5.41, 5.74) is 1.21. The van der Waals surface area contributed by atoms with Crippen molar-refractivity contribution in [1.82, 2.24) is 0 Å². The molecule has 1 aliphatic heterocycles. The monoisotopic (exact) mass is 473 g/mol. The average molecular weight is 474 g/mol. The van der Waals surface area contributed by atoms with Crippen LogP contribution in [0.4, 0.5) is 5.69 Å². The summed E-state index contributed by atoms with van der Waals surface area (Å²) in [5.74, 6) is -0.746. The minimum atomic E-state index is -0.670. The lowest BCUT2D eigenvalue weighted by Gasteiger charge is -2.08. The first-order chi connectivity index (χ1) is 15.3. The number of nitrogens with zero attached hydrogens (tertiary/aromatic N) is 1. The number of aliphatic hydroxyl groups is 1. The van der Waals surface area contributed by atoms with Gasteiger partial charge in [-0.3, -0.25) is 4.79 Å². The van der Waals surface area contributed by atoms with Crippen molar-refractivity contribution in [3.05, 3.63) is 69.3 Å². The van der Waals surface area contributed by atoms with E-state index in [9.17, 15) is 14.7 Å². The Morgan fingerprint density at radius 1 is 1.16 bits per heavy atom. The number of halogens is 1. The minimum Gasteiger partial charge on any atom is -0.506 e. The number of esters is 2. The summed E-state index contributed by atoms with van der Waals surface area (Å²) in [4.78, 5) is 28.6. The zero-order chi connectivity index (χ0) is 23.3. The van der Waals surface area contributed by atoms with Gasteiger partial charge in [0.25, 0.3) is 0 Å². The number of carbonyl (C=O) groups excluding carboxylic acids is 2. The van der Waals surface area contributed by atoms with E-state index in [1.165, 1.54) is 14.0 Å². The number of hydrogen-bond donors (Lipinski definition) is 1. The van der Waals surface area contributed by atoms with E-state index >= 15 is 0 Å². The Hall–Kier alpha value is -3.23. The third-order valence-electron chi connectivity index (χ3n) is 4.17. The Labute approximate surface area is 194 Å². The van der Waals surface area contributed by atoms with Crippen molar-refractivity contribution in [2.24, 2.45) is 4.99 Å². The van der Waals surface area contributed by atoms with Crippen LogP contribution in [-0.2, 0) is 14.3 Å². The van der Waals surface area contributed by atoms with Crippen molar-refractivity contribution in [2.45, 2.75) is 13.8 Å². The molecule has 0 fully saturated rings. The SMILES string of the molecule is CCOC(=O)C1=C(O)/C(=C\c2ccc(OC(C)=O)c(OC)c2)SC1=Nc1ccc(Cl)cc1. The maximum Gasteiger partial charge on any atom is 0.344 e. The number of rotatable bonds is 6. The number of aliphatic imine (C=N–C) groups is 1. The highest BCUT2D eigenvalue weighted by molar-refractivity contribution is 8.18. The van der Waals surface area contributed by atoms with Crippen LogP contribution in [0.1, 0.15) is 19.4 Å². The van der Waals surface area contributed by atoms with Gasteiger partial charge >= 0.3 is 11.9 Å². The van der Waals surface area contributed by atoms with Crippen molar-refractivity contribution in [3.8, 4) is 11.5 Å². The van der Waals surface area contributed by atoms with Gasteiger partial charge in [0.1, 0.15) is 16.4 Å². The number of methoxy groups -OCH3 is 1. The second-order valence-corrected chi connectivity index (χ2v) is 7.92. The molecule has 0 aromatic heterocycles. The van der Waals surface area contributed by atoms with Crippen molar-refractivity contribution in [1.29, 1.82) is 0 Å². The normalized spacial score (nSPS) is 15.9. The van der Waals surface area contributed by atoms with E-state index in [2.05, 4.69) is 4.99 Å². The summed E-state index contributed by atoms with van der Waals surface area (Å²) in [6.07, 6.45) is 1.67. The van der Waals surface area contributed by atoms with E-state index in [0.717, 1.165) is 11.8 Å². The number of aliphatic hydroxyl groups excluding tert-OH is 1. The number of hydrogen-bond acceptors (Lipinski definition) is 8. The topological polar surface area (TPSA) is 94.4 Å². The molecule has 0 unspecified atom stereocenters. The minimum absolute atomic E-state index is 0.0125. The van der Waals surface area contributed by atoms with E-state index in [4.69, 9.17) is 25.8 Å². The van der Waals surface area contributed by atoms with Gasteiger partial charge in [-0.2, -0.15) is 0 Å². The first-order valence-corrected chi connectivity index (χ1v) is 10.7. The molecule has 32 heavy (non-hydrogen) atoms. The van der Waals surface area contributed by atoms with Gasteiger partial charge in [-0.15, -0.1) is 0 Å². The molecule has 7 nitrogen and oxygen atoms in total. The molecule has 9 heteroatoms. The van der Waals surface area contributed by atoms with Crippen LogP contribution in [-0.4, -0.2) is 35.8 Å². The Morgan fingerprint density at radius 3 is 2.50 bits per heavy atom. The molecule has 0 spiro atoms. The molecule has 3 rings (SSSR count). The fourth-order valence-electron chi connectivity index (χ4n) is 2.79. The van der Waals surface area contributed by atoms with Crippen molar-refractivity contribution in [3.63, 3.8) is 0 Å². The lowest BCUT2D eigenvalue weighted by Crippen LogP contribution is -2.12. The predicted octanol–water partition coefficient (Wildman–Crippen LogP) is 5.47. The molecule has 0 saturated heterocycles. The first-order valence-electron chi connectivity index (χ1n) is 9.53. The maximum absolute atomic E-state index is 12.5.